The van der Waals surface area contributed by atoms with Gasteiger partial charge in [0.25, 0.3) is 0 Å². The van der Waals surface area contributed by atoms with Crippen molar-refractivity contribution in [2.24, 2.45) is 0 Å². The van der Waals surface area contributed by atoms with Crippen molar-refractivity contribution in [1.29, 1.82) is 10.5 Å². The molecule has 0 N–H and O–H groups in total. The topological polar surface area (TPSA) is 47.6 Å². The van der Waals surface area contributed by atoms with Crippen molar-refractivity contribution in [3.8, 4) is 12.1 Å². The van der Waals surface area contributed by atoms with Gasteiger partial charge in [-0.2, -0.15) is 10.5 Å². The van der Waals surface area contributed by atoms with Gasteiger partial charge in [-0.1, -0.05) is 0 Å². The van der Waals surface area contributed by atoms with Crippen LogP contribution in [0.1, 0.15) is 12.8 Å². The number of hydrogen-bond acceptors (Lipinski definition) is 3. The molecule has 0 unspecified atom stereocenters. The molecule has 0 aromatic heterocycles. The van der Waals surface area contributed by atoms with E-state index in [1.54, 1.807) is 11.8 Å². The van der Waals surface area contributed by atoms with E-state index < -0.39 is 0 Å². The van der Waals surface area contributed by atoms with Crippen molar-refractivity contribution in [2.75, 3.05) is 11.5 Å². The first kappa shape index (κ1) is 8.33. The third-order valence-corrected chi connectivity index (χ3v) is 1.65. The summed E-state index contributed by atoms with van der Waals surface area (Å²) in [6.45, 7) is 0. The molecule has 0 atom stereocenters. The van der Waals surface area contributed by atoms with Gasteiger partial charge in [-0.15, -0.1) is 11.8 Å². The second-order valence-corrected chi connectivity index (χ2v) is 2.58. The van der Waals surface area contributed by atoms with Gasteiger partial charge in [-0.25, -0.2) is 0 Å². The summed E-state index contributed by atoms with van der Waals surface area (Å²) >= 11 is 1.58. The van der Waals surface area contributed by atoms with Gasteiger partial charge in [0.2, 0.25) is 0 Å². The monoisotopic (exact) mass is 140 g/mol. The molecule has 0 radical (unpaired) electrons. The summed E-state index contributed by atoms with van der Waals surface area (Å²) in [7, 11) is 0. The van der Waals surface area contributed by atoms with E-state index in [0.29, 0.717) is 12.2 Å². The molecule has 0 rings (SSSR count). The van der Waals surface area contributed by atoms with Crippen molar-refractivity contribution < 1.29 is 0 Å². The van der Waals surface area contributed by atoms with E-state index in [1.165, 1.54) is 0 Å². The molecule has 9 heavy (non-hydrogen) atoms. The van der Waals surface area contributed by atoms with Crippen LogP contribution in [0.15, 0.2) is 0 Å². The lowest BCUT2D eigenvalue weighted by Gasteiger charge is -1.88. The molecule has 3 heteroatoms. The maximum atomic E-state index is 8.10. The first-order valence-corrected chi connectivity index (χ1v) is 3.89. The van der Waals surface area contributed by atoms with Gasteiger partial charge in [-0.05, 0) is 12.2 Å². The van der Waals surface area contributed by atoms with E-state index >= 15 is 0 Å². The largest absolute Gasteiger partial charge is 0.198 e. The smallest absolute Gasteiger partial charge is 0.0808 e. The molecule has 0 aliphatic rings. The first-order chi connectivity index (χ1) is 4.41. The molecule has 0 heterocycles. The maximum absolute atomic E-state index is 8.10. The molecule has 0 aromatic rings. The highest BCUT2D eigenvalue weighted by Crippen LogP contribution is 2.01. The normalized spacial score (nSPS) is 7.78. The molecule has 0 bridgehead atoms. The van der Waals surface area contributed by atoms with Crippen LogP contribution >= 0.6 is 11.8 Å². The summed E-state index contributed by atoms with van der Waals surface area (Å²) in [6, 6.07) is 4.07. The number of thioether (sulfide) groups is 1. The third-order valence-electron chi connectivity index (χ3n) is 0.744. The molecule has 48 valence electrons. The maximum Gasteiger partial charge on any atom is 0.0808 e. The van der Waals surface area contributed by atoms with Crippen LogP contribution in [0.5, 0.6) is 0 Å². The van der Waals surface area contributed by atoms with Crippen molar-refractivity contribution >= 4 is 11.8 Å². The highest BCUT2D eigenvalue weighted by atomic mass is 32.2. The third kappa shape index (κ3) is 7.33. The molecule has 0 saturated carbocycles. The summed E-state index contributed by atoms with van der Waals surface area (Å²) in [4.78, 5) is 0. The number of unbranched alkanes of at least 4 members (excludes halogenated alkanes) is 1. The summed E-state index contributed by atoms with van der Waals surface area (Å²) in [6.07, 6.45) is 1.52. The minimum absolute atomic E-state index is 0.547. The Morgan fingerprint density at radius 2 is 2.00 bits per heavy atom. The predicted octanol–water partition coefficient (Wildman–Crippen LogP) is 1.55. The van der Waals surface area contributed by atoms with Gasteiger partial charge in [0.15, 0.2) is 0 Å². The highest BCUT2D eigenvalue weighted by Gasteiger charge is 1.85. The lowest BCUT2D eigenvalue weighted by Crippen LogP contribution is -1.78. The van der Waals surface area contributed by atoms with Crippen molar-refractivity contribution in [3.05, 3.63) is 0 Å². The second-order valence-electron chi connectivity index (χ2n) is 1.47. The van der Waals surface area contributed by atoms with Crippen LogP contribution in [-0.4, -0.2) is 11.5 Å². The zero-order chi connectivity index (χ0) is 6.95. The summed E-state index contributed by atoms with van der Waals surface area (Å²) in [5.41, 5.74) is 0. The fourth-order valence-corrected chi connectivity index (χ4v) is 0.955. The molecule has 0 aliphatic heterocycles. The van der Waals surface area contributed by atoms with E-state index in [-0.39, 0.29) is 0 Å². The van der Waals surface area contributed by atoms with E-state index in [4.69, 9.17) is 10.5 Å². The van der Waals surface area contributed by atoms with Crippen LogP contribution in [0.2, 0.25) is 0 Å². The van der Waals surface area contributed by atoms with Crippen molar-refractivity contribution in [1.82, 2.24) is 0 Å². The molecule has 0 amide bonds. The van der Waals surface area contributed by atoms with Gasteiger partial charge in [0.1, 0.15) is 0 Å². The molecule has 2 nitrogen and oxygen atoms in total. The average Bonchev–Trinajstić information content (AvgIpc) is 1.89. The molecule has 0 fully saturated rings. The molecular weight excluding hydrogens is 132 g/mol. The van der Waals surface area contributed by atoms with Crippen LogP contribution in [-0.2, 0) is 0 Å². The Hall–Kier alpha value is -0.670. The Balaban J connectivity index is 2.79. The predicted molar refractivity (Wildman–Crippen MR) is 37.8 cm³/mol. The Bertz CT molecular complexity index is 115. The quantitative estimate of drug-likeness (QED) is 0.556. The Morgan fingerprint density at radius 3 is 2.56 bits per heavy atom. The number of hydrogen-bond donors (Lipinski definition) is 0. The van der Waals surface area contributed by atoms with E-state index in [1.807, 2.05) is 12.1 Å². The SMILES string of the molecule is N#CCCCSCC#N. The van der Waals surface area contributed by atoms with Crippen LogP contribution < -0.4 is 0 Å². The Labute approximate surface area is 59.5 Å². The molecule has 0 spiro atoms. The van der Waals surface area contributed by atoms with E-state index in [9.17, 15) is 0 Å². The molecule has 0 aromatic carbocycles. The van der Waals surface area contributed by atoms with Crippen molar-refractivity contribution in [2.45, 2.75) is 12.8 Å². The van der Waals surface area contributed by atoms with Gasteiger partial charge < -0.3 is 0 Å². The average molecular weight is 140 g/mol. The van der Waals surface area contributed by atoms with Gasteiger partial charge in [0.05, 0.1) is 17.9 Å². The van der Waals surface area contributed by atoms with E-state index in [0.717, 1.165) is 12.2 Å². The lowest BCUT2D eigenvalue weighted by molar-refractivity contribution is 0.982. The Morgan fingerprint density at radius 1 is 1.22 bits per heavy atom. The number of nitriles is 2. The highest BCUT2D eigenvalue weighted by molar-refractivity contribution is 7.99. The second kappa shape index (κ2) is 7.33. The van der Waals surface area contributed by atoms with Crippen LogP contribution in [0.3, 0.4) is 0 Å². The molecule has 0 aliphatic carbocycles. The summed E-state index contributed by atoms with van der Waals surface area (Å²) in [5.74, 6) is 1.48. The number of nitrogens with zero attached hydrogens (tertiary/aromatic N) is 2. The fraction of sp³-hybridized carbons (Fsp3) is 0.667. The summed E-state index contributed by atoms with van der Waals surface area (Å²) < 4.78 is 0. The lowest BCUT2D eigenvalue weighted by atomic mass is 10.4. The van der Waals surface area contributed by atoms with Gasteiger partial charge >= 0.3 is 0 Å². The van der Waals surface area contributed by atoms with Gasteiger partial charge in [0, 0.05) is 6.42 Å². The first-order valence-electron chi connectivity index (χ1n) is 2.73. The van der Waals surface area contributed by atoms with Crippen LogP contribution in [0.4, 0.5) is 0 Å². The van der Waals surface area contributed by atoms with E-state index in [2.05, 4.69) is 0 Å². The van der Waals surface area contributed by atoms with Gasteiger partial charge in [-0.3, -0.25) is 0 Å². The molecular formula is C6H8N2S. The van der Waals surface area contributed by atoms with Crippen molar-refractivity contribution in [3.63, 3.8) is 0 Å². The minimum Gasteiger partial charge on any atom is -0.198 e. The van der Waals surface area contributed by atoms with Crippen LogP contribution in [0.25, 0.3) is 0 Å². The molecule has 0 saturated heterocycles. The zero-order valence-electron chi connectivity index (χ0n) is 5.13. The Kier molecular flexibility index (Phi) is 6.78. The standard InChI is InChI=1S/C6H8N2S/c7-3-1-2-5-9-6-4-8/h1-2,5-6H2. The minimum atomic E-state index is 0.547. The summed E-state index contributed by atoms with van der Waals surface area (Å²) in [5, 5.41) is 16.2. The number of rotatable bonds is 4. The fourth-order valence-electron chi connectivity index (χ4n) is 0.371. The zero-order valence-corrected chi connectivity index (χ0v) is 5.95. The van der Waals surface area contributed by atoms with Crippen LogP contribution in [0, 0.1) is 22.7 Å².